The Bertz CT molecular complexity index is 405. The van der Waals surface area contributed by atoms with Crippen molar-refractivity contribution in [3.8, 4) is 0 Å². The molecule has 0 aliphatic heterocycles. The molecule has 5 heteroatoms. The van der Waals surface area contributed by atoms with Gasteiger partial charge < -0.3 is 10.4 Å². The first-order valence-corrected chi connectivity index (χ1v) is 6.36. The number of aromatic carboxylic acids is 1. The smallest absolute Gasteiger partial charge is 0.339 e. The average Bonchev–Trinajstić information content (AvgIpc) is 3.07. The fourth-order valence-corrected chi connectivity index (χ4v) is 2.29. The Labute approximate surface area is 98.5 Å². The fourth-order valence-electron chi connectivity index (χ4n) is 1.57. The average molecular weight is 238 g/mol. The summed E-state index contributed by atoms with van der Waals surface area (Å²) < 4.78 is 0.318. The van der Waals surface area contributed by atoms with Crippen LogP contribution in [0.1, 0.15) is 23.2 Å². The van der Waals surface area contributed by atoms with Crippen LogP contribution in [0.5, 0.6) is 0 Å². The Morgan fingerprint density at radius 1 is 1.69 bits per heavy atom. The van der Waals surface area contributed by atoms with Crippen LogP contribution in [-0.4, -0.2) is 33.6 Å². The minimum atomic E-state index is -0.940. The second-order valence-electron chi connectivity index (χ2n) is 3.97. The van der Waals surface area contributed by atoms with E-state index in [-0.39, 0.29) is 5.56 Å². The molecule has 1 aliphatic rings. The highest BCUT2D eigenvalue weighted by atomic mass is 32.2. The minimum absolute atomic E-state index is 0.236. The van der Waals surface area contributed by atoms with Gasteiger partial charge in [-0.25, -0.2) is 4.79 Å². The van der Waals surface area contributed by atoms with Gasteiger partial charge in [-0.3, -0.25) is 4.98 Å². The predicted octanol–water partition coefficient (Wildman–Crippen LogP) is 2.09. The van der Waals surface area contributed by atoms with Crippen LogP contribution in [0, 0.1) is 0 Å². The van der Waals surface area contributed by atoms with E-state index in [2.05, 4.69) is 16.6 Å². The molecule has 1 saturated carbocycles. The number of pyridine rings is 1. The van der Waals surface area contributed by atoms with E-state index in [1.165, 1.54) is 19.0 Å². The summed E-state index contributed by atoms with van der Waals surface area (Å²) in [5.41, 5.74) is 0.891. The normalized spacial score (nSPS) is 16.8. The van der Waals surface area contributed by atoms with Crippen molar-refractivity contribution in [2.45, 2.75) is 17.6 Å². The molecule has 4 nitrogen and oxygen atoms in total. The second-order valence-corrected chi connectivity index (χ2v) is 5.24. The van der Waals surface area contributed by atoms with Gasteiger partial charge in [0.05, 0.1) is 5.69 Å². The van der Waals surface area contributed by atoms with Crippen LogP contribution < -0.4 is 5.32 Å². The quantitative estimate of drug-likeness (QED) is 0.822. The second kappa shape index (κ2) is 4.33. The van der Waals surface area contributed by atoms with Crippen molar-refractivity contribution < 1.29 is 9.90 Å². The molecule has 1 aromatic rings. The number of carboxylic acids is 1. The molecular weight excluding hydrogens is 224 g/mol. The first-order valence-electron chi connectivity index (χ1n) is 5.13. The summed E-state index contributed by atoms with van der Waals surface area (Å²) in [7, 11) is 0. The third-order valence-corrected chi connectivity index (χ3v) is 4.31. The first kappa shape index (κ1) is 11.3. The number of nitrogens with zero attached hydrogens (tertiary/aromatic N) is 1. The Morgan fingerprint density at radius 2 is 2.44 bits per heavy atom. The maximum atomic E-state index is 10.9. The molecule has 0 bridgehead atoms. The van der Waals surface area contributed by atoms with Gasteiger partial charge in [-0.2, -0.15) is 11.8 Å². The zero-order valence-electron chi connectivity index (χ0n) is 9.06. The van der Waals surface area contributed by atoms with Gasteiger partial charge in [-0.05, 0) is 25.2 Å². The summed E-state index contributed by atoms with van der Waals surface area (Å²) >= 11 is 1.85. The van der Waals surface area contributed by atoms with Gasteiger partial charge in [0.1, 0.15) is 5.56 Å². The predicted molar refractivity (Wildman–Crippen MR) is 65.2 cm³/mol. The van der Waals surface area contributed by atoms with Crippen LogP contribution in [0.3, 0.4) is 0 Å². The summed E-state index contributed by atoms with van der Waals surface area (Å²) in [5, 5.41) is 12.2. The molecule has 1 aliphatic carbocycles. The SMILES string of the molecule is CSC1(CNc2ccncc2C(=O)O)CC1. The molecule has 0 spiro atoms. The third kappa shape index (κ3) is 2.29. The number of carbonyl (C=O) groups is 1. The van der Waals surface area contributed by atoms with E-state index in [0.29, 0.717) is 10.4 Å². The van der Waals surface area contributed by atoms with Crippen molar-refractivity contribution in [3.63, 3.8) is 0 Å². The molecule has 1 heterocycles. The Hall–Kier alpha value is -1.23. The summed E-state index contributed by atoms with van der Waals surface area (Å²) in [6.07, 6.45) is 7.49. The largest absolute Gasteiger partial charge is 0.478 e. The molecule has 16 heavy (non-hydrogen) atoms. The molecule has 0 radical (unpaired) electrons. The fraction of sp³-hybridized carbons (Fsp3) is 0.455. The van der Waals surface area contributed by atoms with E-state index >= 15 is 0 Å². The molecule has 1 aromatic heterocycles. The van der Waals surface area contributed by atoms with Gasteiger partial charge in [-0.15, -0.1) is 0 Å². The summed E-state index contributed by atoms with van der Waals surface area (Å²) in [6.45, 7) is 0.818. The van der Waals surface area contributed by atoms with Crippen LogP contribution in [-0.2, 0) is 0 Å². The Kier molecular flexibility index (Phi) is 3.05. The lowest BCUT2D eigenvalue weighted by atomic mass is 10.2. The van der Waals surface area contributed by atoms with Crippen molar-refractivity contribution in [2.75, 3.05) is 18.1 Å². The van der Waals surface area contributed by atoms with Crippen LogP contribution in [0.25, 0.3) is 0 Å². The van der Waals surface area contributed by atoms with E-state index in [0.717, 1.165) is 6.54 Å². The van der Waals surface area contributed by atoms with Crippen LogP contribution >= 0.6 is 11.8 Å². The Balaban J connectivity index is 2.06. The number of anilines is 1. The summed E-state index contributed by atoms with van der Waals surface area (Å²) in [5.74, 6) is -0.940. The van der Waals surface area contributed by atoms with Gasteiger partial charge in [0.25, 0.3) is 0 Å². The number of thioether (sulfide) groups is 1. The first-order chi connectivity index (χ1) is 7.67. The zero-order valence-corrected chi connectivity index (χ0v) is 9.88. The topological polar surface area (TPSA) is 62.2 Å². The number of rotatable bonds is 5. The maximum Gasteiger partial charge on any atom is 0.339 e. The number of carboxylic acid groups (broad SMARTS) is 1. The van der Waals surface area contributed by atoms with Gasteiger partial charge in [-0.1, -0.05) is 0 Å². The standard InChI is InChI=1S/C11H14N2O2S/c1-16-11(3-4-11)7-13-9-2-5-12-6-8(9)10(14)15/h2,5-6H,3-4,7H2,1H3,(H,12,13)(H,14,15). The molecule has 1 fully saturated rings. The monoisotopic (exact) mass is 238 g/mol. The van der Waals surface area contributed by atoms with Crippen molar-refractivity contribution in [1.82, 2.24) is 4.98 Å². The van der Waals surface area contributed by atoms with Gasteiger partial charge in [0.15, 0.2) is 0 Å². The third-order valence-electron chi connectivity index (χ3n) is 2.89. The van der Waals surface area contributed by atoms with E-state index in [1.54, 1.807) is 12.3 Å². The highest BCUT2D eigenvalue weighted by molar-refractivity contribution is 8.00. The number of aromatic nitrogens is 1. The molecule has 0 aromatic carbocycles. The van der Waals surface area contributed by atoms with Crippen molar-refractivity contribution in [2.24, 2.45) is 0 Å². The van der Waals surface area contributed by atoms with Gasteiger partial charge >= 0.3 is 5.97 Å². The lowest BCUT2D eigenvalue weighted by Crippen LogP contribution is -2.19. The van der Waals surface area contributed by atoms with Crippen LogP contribution in [0.2, 0.25) is 0 Å². The van der Waals surface area contributed by atoms with Crippen molar-refractivity contribution in [3.05, 3.63) is 24.0 Å². The minimum Gasteiger partial charge on any atom is -0.478 e. The highest BCUT2D eigenvalue weighted by Crippen LogP contribution is 2.47. The summed E-state index contributed by atoms with van der Waals surface area (Å²) in [4.78, 5) is 14.8. The Morgan fingerprint density at radius 3 is 3.00 bits per heavy atom. The molecule has 2 rings (SSSR count). The number of nitrogens with one attached hydrogen (secondary N) is 1. The van der Waals surface area contributed by atoms with Crippen LogP contribution in [0.4, 0.5) is 5.69 Å². The highest BCUT2D eigenvalue weighted by Gasteiger charge is 2.41. The van der Waals surface area contributed by atoms with Crippen molar-refractivity contribution >= 4 is 23.4 Å². The van der Waals surface area contributed by atoms with E-state index in [4.69, 9.17) is 5.11 Å². The molecule has 2 N–H and O–H groups in total. The summed E-state index contributed by atoms with van der Waals surface area (Å²) in [6, 6.07) is 1.71. The van der Waals surface area contributed by atoms with Gasteiger partial charge in [0, 0.05) is 23.7 Å². The van der Waals surface area contributed by atoms with Crippen molar-refractivity contribution in [1.29, 1.82) is 0 Å². The molecule has 0 unspecified atom stereocenters. The molecule has 0 saturated heterocycles. The van der Waals surface area contributed by atoms with Gasteiger partial charge in [0.2, 0.25) is 0 Å². The number of hydrogen-bond acceptors (Lipinski definition) is 4. The lowest BCUT2D eigenvalue weighted by molar-refractivity contribution is 0.0697. The van der Waals surface area contributed by atoms with E-state index in [1.807, 2.05) is 11.8 Å². The van der Waals surface area contributed by atoms with Crippen LogP contribution in [0.15, 0.2) is 18.5 Å². The van der Waals surface area contributed by atoms with E-state index < -0.39 is 5.97 Å². The molecule has 0 amide bonds. The molecular formula is C11H14N2O2S. The lowest BCUT2D eigenvalue weighted by Gasteiger charge is -2.15. The molecule has 0 atom stereocenters. The van der Waals surface area contributed by atoms with E-state index in [9.17, 15) is 4.79 Å². The maximum absolute atomic E-state index is 10.9. The zero-order chi connectivity index (χ0) is 11.6. The molecule has 86 valence electrons. The number of hydrogen-bond donors (Lipinski definition) is 2.